The number of hydrogen-bond acceptors (Lipinski definition) is 3. The molecule has 2 aromatic carbocycles. The SMILES string of the molecule is CC1=NN(c2ccc(I)cc2)C(=O)C12Nc1ccccc1C2(C)C. The molecular formula is C19H18IN3O. The lowest BCUT2D eigenvalue weighted by Crippen LogP contribution is -2.60. The van der Waals surface area contributed by atoms with Gasteiger partial charge in [0.1, 0.15) is 0 Å². The molecule has 1 atom stereocenters. The Morgan fingerprint density at radius 3 is 2.42 bits per heavy atom. The van der Waals surface area contributed by atoms with Gasteiger partial charge in [0, 0.05) is 14.7 Å². The van der Waals surface area contributed by atoms with Crippen molar-refractivity contribution in [2.24, 2.45) is 5.10 Å². The lowest BCUT2D eigenvalue weighted by atomic mass is 9.68. The van der Waals surface area contributed by atoms with Crippen LogP contribution in [0.1, 0.15) is 26.3 Å². The third kappa shape index (κ3) is 1.84. The van der Waals surface area contributed by atoms with Crippen LogP contribution in [-0.4, -0.2) is 17.2 Å². The maximum Gasteiger partial charge on any atom is 0.279 e. The molecular weight excluding hydrogens is 413 g/mol. The van der Waals surface area contributed by atoms with Crippen LogP contribution in [0.2, 0.25) is 0 Å². The summed E-state index contributed by atoms with van der Waals surface area (Å²) >= 11 is 2.25. The van der Waals surface area contributed by atoms with Crippen molar-refractivity contribution >= 4 is 45.6 Å². The van der Waals surface area contributed by atoms with Crippen LogP contribution in [0.15, 0.2) is 53.6 Å². The lowest BCUT2D eigenvalue weighted by Gasteiger charge is -2.36. The number of para-hydroxylation sites is 1. The number of hydrazone groups is 1. The highest BCUT2D eigenvalue weighted by atomic mass is 127. The summed E-state index contributed by atoms with van der Waals surface area (Å²) in [5.41, 5.74) is 2.54. The van der Waals surface area contributed by atoms with E-state index < -0.39 is 5.54 Å². The molecule has 1 amide bonds. The highest BCUT2D eigenvalue weighted by molar-refractivity contribution is 14.1. The minimum Gasteiger partial charge on any atom is -0.366 e. The highest BCUT2D eigenvalue weighted by Crippen LogP contribution is 2.51. The first-order chi connectivity index (χ1) is 11.4. The van der Waals surface area contributed by atoms with Gasteiger partial charge in [0.05, 0.1) is 11.4 Å². The molecule has 4 rings (SSSR count). The van der Waals surface area contributed by atoms with Gasteiger partial charge in [-0.3, -0.25) is 4.79 Å². The van der Waals surface area contributed by atoms with Gasteiger partial charge >= 0.3 is 0 Å². The van der Waals surface area contributed by atoms with E-state index in [0.29, 0.717) is 0 Å². The van der Waals surface area contributed by atoms with Crippen molar-refractivity contribution < 1.29 is 4.79 Å². The fraction of sp³-hybridized carbons (Fsp3) is 0.263. The zero-order valence-corrected chi connectivity index (χ0v) is 16.0. The molecule has 0 bridgehead atoms. The Hall–Kier alpha value is -1.89. The Morgan fingerprint density at radius 2 is 1.75 bits per heavy atom. The second kappa shape index (κ2) is 5.05. The summed E-state index contributed by atoms with van der Waals surface area (Å²) in [5, 5.41) is 9.64. The number of carbonyl (C=O) groups excluding carboxylic acids is 1. The van der Waals surface area contributed by atoms with Crippen LogP contribution >= 0.6 is 22.6 Å². The number of halogens is 1. The lowest BCUT2D eigenvalue weighted by molar-refractivity contribution is -0.121. The minimum absolute atomic E-state index is 0.0255. The second-order valence-corrected chi connectivity index (χ2v) is 8.07. The topological polar surface area (TPSA) is 44.7 Å². The van der Waals surface area contributed by atoms with E-state index in [2.05, 4.69) is 52.9 Å². The van der Waals surface area contributed by atoms with Gasteiger partial charge in [-0.2, -0.15) is 10.1 Å². The van der Waals surface area contributed by atoms with Gasteiger partial charge in [-0.05, 0) is 65.4 Å². The predicted octanol–water partition coefficient (Wildman–Crippen LogP) is 4.16. The number of carbonyl (C=O) groups is 1. The van der Waals surface area contributed by atoms with Gasteiger partial charge in [0.15, 0.2) is 5.54 Å². The van der Waals surface area contributed by atoms with E-state index in [1.165, 1.54) is 5.01 Å². The largest absolute Gasteiger partial charge is 0.366 e. The van der Waals surface area contributed by atoms with Crippen LogP contribution in [0.25, 0.3) is 0 Å². The Kier molecular flexibility index (Phi) is 3.29. The average molecular weight is 431 g/mol. The molecule has 1 unspecified atom stereocenters. The van der Waals surface area contributed by atoms with Crippen molar-refractivity contribution in [1.82, 2.24) is 0 Å². The van der Waals surface area contributed by atoms with E-state index in [0.717, 1.165) is 26.2 Å². The standard InChI is InChI=1S/C19H18IN3O/c1-12-19(18(2,3)15-6-4-5-7-16(15)21-19)17(24)23(22-12)14-10-8-13(20)9-11-14/h4-11,21H,1-3H3. The summed E-state index contributed by atoms with van der Waals surface area (Å²) in [7, 11) is 0. The molecule has 4 nitrogen and oxygen atoms in total. The molecule has 1 N–H and O–H groups in total. The van der Waals surface area contributed by atoms with Crippen LogP contribution in [0.3, 0.4) is 0 Å². The quantitative estimate of drug-likeness (QED) is 0.690. The molecule has 122 valence electrons. The van der Waals surface area contributed by atoms with Crippen molar-refractivity contribution in [3.8, 4) is 0 Å². The van der Waals surface area contributed by atoms with E-state index >= 15 is 0 Å². The Bertz CT molecular complexity index is 872. The van der Waals surface area contributed by atoms with Gasteiger partial charge in [-0.1, -0.05) is 32.0 Å². The van der Waals surface area contributed by atoms with E-state index in [4.69, 9.17) is 0 Å². The number of nitrogens with one attached hydrogen (secondary N) is 1. The van der Waals surface area contributed by atoms with Crippen molar-refractivity contribution in [3.05, 3.63) is 57.7 Å². The molecule has 2 aromatic rings. The fourth-order valence-electron chi connectivity index (χ4n) is 3.90. The predicted molar refractivity (Wildman–Crippen MR) is 106 cm³/mol. The minimum atomic E-state index is -0.834. The van der Waals surface area contributed by atoms with Crippen molar-refractivity contribution in [3.63, 3.8) is 0 Å². The number of anilines is 2. The highest BCUT2D eigenvalue weighted by Gasteiger charge is 2.63. The number of amides is 1. The average Bonchev–Trinajstić information content (AvgIpc) is 2.96. The first-order valence-electron chi connectivity index (χ1n) is 7.91. The zero-order valence-electron chi connectivity index (χ0n) is 13.8. The van der Waals surface area contributed by atoms with E-state index in [1.807, 2.05) is 49.4 Å². The Morgan fingerprint density at radius 1 is 1.08 bits per heavy atom. The first-order valence-corrected chi connectivity index (χ1v) is 8.99. The van der Waals surface area contributed by atoms with Crippen molar-refractivity contribution in [2.45, 2.75) is 31.7 Å². The van der Waals surface area contributed by atoms with Crippen LogP contribution in [0.5, 0.6) is 0 Å². The molecule has 5 heteroatoms. The van der Waals surface area contributed by atoms with Crippen molar-refractivity contribution in [2.75, 3.05) is 10.3 Å². The van der Waals surface area contributed by atoms with Gasteiger partial charge in [0.25, 0.3) is 5.91 Å². The van der Waals surface area contributed by atoms with E-state index in [9.17, 15) is 4.79 Å². The number of benzene rings is 2. The molecule has 2 heterocycles. The number of fused-ring (bicyclic) bond motifs is 1. The third-order valence-corrected chi connectivity index (χ3v) is 5.96. The van der Waals surface area contributed by atoms with E-state index in [-0.39, 0.29) is 11.3 Å². The Balaban J connectivity index is 1.83. The summed E-state index contributed by atoms with van der Waals surface area (Å²) in [6, 6.07) is 16.0. The smallest absolute Gasteiger partial charge is 0.279 e. The fourth-order valence-corrected chi connectivity index (χ4v) is 4.26. The molecule has 0 aliphatic carbocycles. The summed E-state index contributed by atoms with van der Waals surface area (Å²) in [5.74, 6) is -0.0255. The number of rotatable bonds is 1. The van der Waals surface area contributed by atoms with Gasteiger partial charge in [0.2, 0.25) is 0 Å². The van der Waals surface area contributed by atoms with Gasteiger partial charge < -0.3 is 5.32 Å². The summed E-state index contributed by atoms with van der Waals surface area (Å²) in [6.45, 7) is 6.16. The van der Waals surface area contributed by atoms with Crippen molar-refractivity contribution in [1.29, 1.82) is 0 Å². The molecule has 0 fully saturated rings. The molecule has 0 saturated heterocycles. The third-order valence-electron chi connectivity index (χ3n) is 5.24. The summed E-state index contributed by atoms with van der Waals surface area (Å²) in [6.07, 6.45) is 0. The van der Waals surface area contributed by atoms with Crippen LogP contribution in [-0.2, 0) is 10.2 Å². The maximum atomic E-state index is 13.5. The zero-order chi connectivity index (χ0) is 17.1. The van der Waals surface area contributed by atoms with Crippen LogP contribution in [0, 0.1) is 3.57 Å². The number of nitrogens with zero attached hydrogens (tertiary/aromatic N) is 2. The molecule has 24 heavy (non-hydrogen) atoms. The molecule has 1 spiro atoms. The molecule has 0 saturated carbocycles. The van der Waals surface area contributed by atoms with E-state index in [1.54, 1.807) is 0 Å². The second-order valence-electron chi connectivity index (χ2n) is 6.82. The maximum absolute atomic E-state index is 13.5. The van der Waals surface area contributed by atoms with Gasteiger partial charge in [-0.25, -0.2) is 0 Å². The van der Waals surface area contributed by atoms with Crippen LogP contribution < -0.4 is 10.3 Å². The first kappa shape index (κ1) is 15.6. The molecule has 2 aliphatic heterocycles. The monoisotopic (exact) mass is 431 g/mol. The molecule has 0 radical (unpaired) electrons. The molecule has 0 aromatic heterocycles. The molecule has 2 aliphatic rings. The Labute approximate surface area is 155 Å². The van der Waals surface area contributed by atoms with Gasteiger partial charge in [-0.15, -0.1) is 0 Å². The van der Waals surface area contributed by atoms with Crippen LogP contribution in [0.4, 0.5) is 11.4 Å². The normalized spacial score (nSPS) is 24.1. The number of hydrogen-bond donors (Lipinski definition) is 1. The summed E-state index contributed by atoms with van der Waals surface area (Å²) in [4.78, 5) is 13.5. The summed E-state index contributed by atoms with van der Waals surface area (Å²) < 4.78 is 1.13.